The highest BCUT2D eigenvalue weighted by Gasteiger charge is 2.09. The monoisotopic (exact) mass is 182 g/mol. The number of halogens is 2. The van der Waals surface area contributed by atoms with E-state index in [0.29, 0.717) is 0 Å². The topological polar surface area (TPSA) is 57.5 Å². The molecular weight excluding hydrogens is 177 g/mol. The second-order valence-corrected chi connectivity index (χ2v) is 2.04. The fraction of sp³-hybridized carbons (Fsp3) is 0.200. The number of aliphatic hydroxyl groups is 1. The third kappa shape index (κ3) is 47.4. The molecule has 0 amide bonds. The minimum absolute atomic E-state index is 1.01. The van der Waals surface area contributed by atoms with Crippen LogP contribution in [0.1, 0.15) is 0 Å². The number of terminal acetylenes is 2. The lowest BCUT2D eigenvalue weighted by molar-refractivity contribution is 0.290. The van der Waals surface area contributed by atoms with Crippen LogP contribution >= 0.6 is 7.99 Å². The van der Waals surface area contributed by atoms with Crippen LogP contribution in [0.25, 0.3) is 0 Å². The third-order valence-corrected chi connectivity index (χ3v) is 0.316. The maximum Gasteiger partial charge on any atom is 0.549 e. The van der Waals surface area contributed by atoms with E-state index >= 15 is 0 Å². The molecule has 0 aliphatic rings. The Morgan fingerprint density at radius 1 is 1.36 bits per heavy atom. The quantitative estimate of drug-likeness (QED) is 0.427. The van der Waals surface area contributed by atoms with Crippen molar-refractivity contribution in [2.24, 2.45) is 0 Å². The van der Waals surface area contributed by atoms with E-state index in [2.05, 4.69) is 12.8 Å². The molecule has 0 aliphatic carbocycles. The highest BCUT2D eigenvalue weighted by molar-refractivity contribution is 7.46. The van der Waals surface area contributed by atoms with Crippen molar-refractivity contribution >= 4 is 7.99 Å². The van der Waals surface area contributed by atoms with E-state index in [0.717, 1.165) is 0 Å². The Bertz CT molecular complexity index is 199. The molecule has 3 nitrogen and oxygen atoms in total. The Labute approximate surface area is 62.7 Å². The van der Waals surface area contributed by atoms with Crippen molar-refractivity contribution in [1.82, 2.24) is 0 Å². The van der Waals surface area contributed by atoms with Gasteiger partial charge in [-0.1, -0.05) is 11.8 Å². The zero-order valence-corrected chi connectivity index (χ0v) is 6.13. The van der Waals surface area contributed by atoms with Gasteiger partial charge in [-0.3, -0.25) is 4.89 Å². The Kier molecular flexibility index (Phi) is 6.83. The highest BCUT2D eigenvalue weighted by Crippen LogP contribution is 2.43. The molecule has 0 aliphatic heterocycles. The summed E-state index contributed by atoms with van der Waals surface area (Å²) in [5.41, 5.74) is 0. The Hall–Kier alpha value is -0.870. The molecule has 6 heteroatoms. The summed E-state index contributed by atoms with van der Waals surface area (Å²) in [5.74, 6) is 3.87. The molecule has 0 saturated heterocycles. The van der Waals surface area contributed by atoms with Crippen LogP contribution in [0.2, 0.25) is 0 Å². The number of aliphatic hydroxyl groups excluding tert-OH is 1. The average Bonchev–Trinajstić information content (AvgIpc) is 1.83. The van der Waals surface area contributed by atoms with Crippen molar-refractivity contribution in [3.63, 3.8) is 0 Å². The van der Waals surface area contributed by atoms with Crippen molar-refractivity contribution in [3.05, 3.63) is 0 Å². The summed E-state index contributed by atoms with van der Waals surface area (Å²) in [5, 5.41) is 8.19. The van der Waals surface area contributed by atoms with Gasteiger partial charge in [-0.2, -0.15) is 0 Å². The summed E-state index contributed by atoms with van der Waals surface area (Å²) in [4.78, 5) is 6.74. The molecule has 0 unspecified atom stereocenters. The molecule has 62 valence electrons. The molecule has 0 rings (SSSR count). The van der Waals surface area contributed by atoms with Gasteiger partial charge >= 0.3 is 7.99 Å². The first-order valence-corrected chi connectivity index (χ1v) is 3.57. The van der Waals surface area contributed by atoms with Gasteiger partial charge in [-0.25, -0.2) is 4.57 Å². The van der Waals surface area contributed by atoms with E-state index in [9.17, 15) is 8.39 Å². The van der Waals surface area contributed by atoms with Gasteiger partial charge in [0.2, 0.25) is 0 Å². The van der Waals surface area contributed by atoms with Crippen molar-refractivity contribution in [2.45, 2.75) is 6.10 Å². The van der Waals surface area contributed by atoms with Crippen LogP contribution in [0, 0.1) is 24.7 Å². The molecule has 0 radical (unpaired) electrons. The van der Waals surface area contributed by atoms with Gasteiger partial charge in [0.05, 0.1) is 0 Å². The summed E-state index contributed by atoms with van der Waals surface area (Å²) >= 11 is 0. The number of hydrogen-bond acceptors (Lipinski definition) is 2. The molecule has 0 saturated carbocycles. The lowest BCUT2D eigenvalue weighted by atomic mass is 10.4. The molecule has 11 heavy (non-hydrogen) atoms. The molecule has 0 fully saturated rings. The molecule has 0 atom stereocenters. The van der Waals surface area contributed by atoms with Gasteiger partial charge < -0.3 is 5.11 Å². The van der Waals surface area contributed by atoms with Gasteiger partial charge in [-0.15, -0.1) is 21.2 Å². The first-order valence-electron chi connectivity index (χ1n) is 2.13. The van der Waals surface area contributed by atoms with Gasteiger partial charge in [-0.05, 0) is 0 Å². The molecule has 0 aromatic carbocycles. The first-order chi connectivity index (χ1) is 4.81. The van der Waals surface area contributed by atoms with Crippen LogP contribution in [0.15, 0.2) is 0 Å². The summed E-state index contributed by atoms with van der Waals surface area (Å²) < 4.78 is 28.7. The van der Waals surface area contributed by atoms with Crippen molar-refractivity contribution in [3.8, 4) is 24.7 Å². The third-order valence-electron chi connectivity index (χ3n) is 0.316. The molecule has 0 spiro atoms. The van der Waals surface area contributed by atoms with Crippen LogP contribution in [0.4, 0.5) is 8.39 Å². The lowest BCUT2D eigenvalue weighted by Crippen LogP contribution is -1.94. The first kappa shape index (κ1) is 12.8. The zero-order valence-electron chi connectivity index (χ0n) is 5.24. The largest absolute Gasteiger partial charge is 0.549 e. The van der Waals surface area contributed by atoms with Crippen LogP contribution in [-0.2, 0) is 4.57 Å². The summed E-state index contributed by atoms with van der Waals surface area (Å²) in [6.07, 6.45) is 8.27. The van der Waals surface area contributed by atoms with Crippen LogP contribution < -0.4 is 0 Å². The summed E-state index contributed by atoms with van der Waals surface area (Å²) in [6, 6.07) is 0. The average molecular weight is 182 g/mol. The maximum atomic E-state index is 10.1. The van der Waals surface area contributed by atoms with Crippen LogP contribution in [0.5, 0.6) is 0 Å². The molecule has 0 heterocycles. The van der Waals surface area contributed by atoms with E-state index < -0.39 is 14.1 Å². The predicted molar refractivity (Wildman–Crippen MR) is 35.7 cm³/mol. The fourth-order valence-electron chi connectivity index (χ4n) is 0.0481. The minimum atomic E-state index is -5.64. The van der Waals surface area contributed by atoms with Crippen LogP contribution in [0.3, 0.4) is 0 Å². The normalized spacial score (nSPS) is 9.00. The van der Waals surface area contributed by atoms with Crippen molar-refractivity contribution < 1.29 is 23.0 Å². The van der Waals surface area contributed by atoms with Gasteiger partial charge in [0.1, 0.15) is 0 Å². The van der Waals surface area contributed by atoms with Gasteiger partial charge in [0, 0.05) is 0 Å². The van der Waals surface area contributed by atoms with E-state index in [4.69, 9.17) is 14.6 Å². The van der Waals surface area contributed by atoms with Gasteiger partial charge in [0.15, 0.2) is 6.10 Å². The Morgan fingerprint density at radius 2 is 1.55 bits per heavy atom. The van der Waals surface area contributed by atoms with E-state index in [1.807, 2.05) is 11.8 Å². The maximum absolute atomic E-state index is 10.1. The smallest absolute Gasteiger partial charge is 0.369 e. The second-order valence-electron chi connectivity index (χ2n) is 1.17. The van der Waals surface area contributed by atoms with Crippen LogP contribution in [-0.4, -0.2) is 16.1 Å². The molecule has 0 bridgehead atoms. The summed E-state index contributed by atoms with van der Waals surface area (Å²) in [6.45, 7) is 0. The molecule has 0 aromatic heterocycles. The summed E-state index contributed by atoms with van der Waals surface area (Å²) in [7, 11) is -5.64. The van der Waals surface area contributed by atoms with Gasteiger partial charge in [0.25, 0.3) is 0 Å². The molecular formula is C5H5F2O3P. The second kappa shape index (κ2) is 5.88. The number of hydrogen-bond donors (Lipinski definition) is 2. The van der Waals surface area contributed by atoms with Crippen molar-refractivity contribution in [2.75, 3.05) is 0 Å². The lowest BCUT2D eigenvalue weighted by Gasteiger charge is -1.81. The van der Waals surface area contributed by atoms with Crippen molar-refractivity contribution in [1.29, 1.82) is 0 Å². The SMILES string of the molecule is C#CC(O)C#C.O=P(O)(F)F. The van der Waals surface area contributed by atoms with E-state index in [1.165, 1.54) is 0 Å². The van der Waals surface area contributed by atoms with E-state index in [1.54, 1.807) is 0 Å². The molecule has 0 aromatic rings. The Balaban J connectivity index is 0. The Morgan fingerprint density at radius 3 is 1.55 bits per heavy atom. The van der Waals surface area contributed by atoms with E-state index in [-0.39, 0.29) is 0 Å². The molecule has 2 N–H and O–H groups in total. The fourth-order valence-corrected chi connectivity index (χ4v) is 0.0481. The zero-order chi connectivity index (χ0) is 9.49. The number of rotatable bonds is 0. The highest BCUT2D eigenvalue weighted by atomic mass is 31.2. The standard InChI is InChI=1S/C5H4O.F2HO2P/c1-3-5(6)4-2;1-5(2,3)4/h1-2,5-6H;(H,3,4). The predicted octanol–water partition coefficient (Wildman–Crippen LogP) is 0.639. The minimum Gasteiger partial charge on any atom is -0.369 e.